The molecule has 7 nitrogen and oxygen atoms in total. The first-order valence-corrected chi connectivity index (χ1v) is 4.31. The number of hydrogen-bond donors (Lipinski definition) is 5. The van der Waals surface area contributed by atoms with E-state index in [1.165, 1.54) is 12.5 Å². The third-order valence-corrected chi connectivity index (χ3v) is 2.03. The van der Waals surface area contributed by atoms with Crippen molar-refractivity contribution in [3.8, 4) is 0 Å². The van der Waals surface area contributed by atoms with Crippen molar-refractivity contribution in [2.45, 2.75) is 5.54 Å². The van der Waals surface area contributed by atoms with E-state index in [1.54, 1.807) is 0 Å². The van der Waals surface area contributed by atoms with E-state index in [2.05, 4.69) is 15.3 Å². The molecule has 0 saturated carbocycles. The van der Waals surface area contributed by atoms with Crippen molar-refractivity contribution in [2.75, 3.05) is 19.8 Å². The Labute approximate surface area is 85.8 Å². The van der Waals surface area contributed by atoms with E-state index < -0.39 is 31.3 Å². The zero-order chi connectivity index (χ0) is 11.3. The number of nitrogens with one attached hydrogen (secondary N) is 2. The van der Waals surface area contributed by atoms with Gasteiger partial charge < -0.3 is 25.6 Å². The monoisotopic (exact) mass is 215 g/mol. The molecule has 15 heavy (non-hydrogen) atoms. The highest BCUT2D eigenvalue weighted by atomic mass is 16.3. The molecule has 0 aromatic carbocycles. The van der Waals surface area contributed by atoms with Gasteiger partial charge in [0, 0.05) is 0 Å². The summed E-state index contributed by atoms with van der Waals surface area (Å²) in [6, 6.07) is 0. The zero-order valence-corrected chi connectivity index (χ0v) is 7.97. The number of carbonyl (C=O) groups excluding carboxylic acids is 1. The van der Waals surface area contributed by atoms with Gasteiger partial charge in [-0.05, 0) is 0 Å². The highest BCUT2D eigenvalue weighted by Crippen LogP contribution is 2.03. The first-order valence-electron chi connectivity index (χ1n) is 4.31. The van der Waals surface area contributed by atoms with Gasteiger partial charge in [-0.25, -0.2) is 4.98 Å². The maximum absolute atomic E-state index is 11.5. The molecule has 0 aliphatic rings. The fourth-order valence-corrected chi connectivity index (χ4v) is 0.957. The van der Waals surface area contributed by atoms with E-state index in [9.17, 15) is 4.79 Å². The molecule has 0 aliphatic carbocycles. The van der Waals surface area contributed by atoms with Crippen LogP contribution in [0.25, 0.3) is 0 Å². The lowest BCUT2D eigenvalue weighted by atomic mass is 10.0. The Morgan fingerprint density at radius 3 is 2.40 bits per heavy atom. The Kier molecular flexibility index (Phi) is 3.78. The van der Waals surface area contributed by atoms with Crippen molar-refractivity contribution in [3.63, 3.8) is 0 Å². The first kappa shape index (κ1) is 11.6. The van der Waals surface area contributed by atoms with E-state index >= 15 is 0 Å². The molecule has 84 valence electrons. The molecule has 1 heterocycles. The maximum atomic E-state index is 11.5. The summed E-state index contributed by atoms with van der Waals surface area (Å²) in [6.45, 7) is -1.67. The minimum absolute atomic E-state index is 0.190. The summed E-state index contributed by atoms with van der Waals surface area (Å²) in [5.74, 6) is -0.551. The number of H-pyrrole nitrogens is 1. The van der Waals surface area contributed by atoms with Crippen LogP contribution in [0.15, 0.2) is 12.5 Å². The van der Waals surface area contributed by atoms with E-state index in [0.29, 0.717) is 0 Å². The summed E-state index contributed by atoms with van der Waals surface area (Å²) in [7, 11) is 0. The minimum atomic E-state index is -1.41. The minimum Gasteiger partial charge on any atom is -0.394 e. The fourth-order valence-electron chi connectivity index (χ4n) is 0.957. The summed E-state index contributed by atoms with van der Waals surface area (Å²) in [6.07, 6.45) is 2.62. The Bertz CT molecular complexity index is 299. The molecule has 0 atom stereocenters. The number of imidazole rings is 1. The van der Waals surface area contributed by atoms with Gasteiger partial charge in [0.15, 0.2) is 0 Å². The molecule has 0 saturated heterocycles. The molecule has 0 fully saturated rings. The predicted octanol–water partition coefficient (Wildman–Crippen LogP) is -2.14. The van der Waals surface area contributed by atoms with Crippen LogP contribution in [0.2, 0.25) is 0 Å². The fraction of sp³-hybridized carbons (Fsp3) is 0.500. The van der Waals surface area contributed by atoms with Gasteiger partial charge in [-0.15, -0.1) is 0 Å². The third kappa shape index (κ3) is 2.52. The van der Waals surface area contributed by atoms with Gasteiger partial charge in [0.1, 0.15) is 11.2 Å². The van der Waals surface area contributed by atoms with Crippen molar-refractivity contribution in [1.82, 2.24) is 15.3 Å². The van der Waals surface area contributed by atoms with Crippen molar-refractivity contribution < 1.29 is 20.1 Å². The van der Waals surface area contributed by atoms with Crippen molar-refractivity contribution >= 4 is 5.91 Å². The quantitative estimate of drug-likeness (QED) is 0.384. The van der Waals surface area contributed by atoms with E-state index in [0.717, 1.165) is 0 Å². The average molecular weight is 215 g/mol. The molecule has 0 radical (unpaired) electrons. The lowest BCUT2D eigenvalue weighted by molar-refractivity contribution is 0.0373. The Morgan fingerprint density at radius 1 is 1.40 bits per heavy atom. The molecular formula is C8H13N3O4. The number of aromatic amines is 1. The molecule has 7 heteroatoms. The number of carbonyl (C=O) groups is 1. The van der Waals surface area contributed by atoms with E-state index in [1.807, 2.05) is 0 Å². The molecule has 0 spiro atoms. The summed E-state index contributed by atoms with van der Waals surface area (Å²) < 4.78 is 0. The lowest BCUT2D eigenvalue weighted by Gasteiger charge is -2.28. The number of amides is 1. The van der Waals surface area contributed by atoms with Gasteiger partial charge in [0.25, 0.3) is 5.91 Å². The van der Waals surface area contributed by atoms with Crippen LogP contribution in [0.4, 0.5) is 0 Å². The smallest absolute Gasteiger partial charge is 0.270 e. The van der Waals surface area contributed by atoms with Crippen LogP contribution in [-0.2, 0) is 0 Å². The third-order valence-electron chi connectivity index (χ3n) is 2.03. The number of aliphatic hydroxyl groups excluding tert-OH is 3. The summed E-state index contributed by atoms with van der Waals surface area (Å²) in [5, 5.41) is 29.2. The normalized spacial score (nSPS) is 11.4. The average Bonchev–Trinajstić information content (AvgIpc) is 2.79. The Hall–Kier alpha value is -1.44. The molecule has 5 N–H and O–H groups in total. The Balaban J connectivity index is 2.71. The van der Waals surface area contributed by atoms with Crippen LogP contribution in [0.3, 0.4) is 0 Å². The van der Waals surface area contributed by atoms with Crippen molar-refractivity contribution in [3.05, 3.63) is 18.2 Å². The Morgan fingerprint density at radius 2 is 2.00 bits per heavy atom. The number of aliphatic hydroxyl groups is 3. The van der Waals surface area contributed by atoms with Crippen LogP contribution in [-0.4, -0.2) is 56.6 Å². The van der Waals surface area contributed by atoms with Crippen LogP contribution in [0.5, 0.6) is 0 Å². The first-order chi connectivity index (χ1) is 7.17. The van der Waals surface area contributed by atoms with Crippen LogP contribution in [0, 0.1) is 0 Å². The van der Waals surface area contributed by atoms with Crippen molar-refractivity contribution in [2.24, 2.45) is 0 Å². The molecule has 0 unspecified atom stereocenters. The van der Waals surface area contributed by atoms with Crippen molar-refractivity contribution in [1.29, 1.82) is 0 Å². The SMILES string of the molecule is O=C(NC(CO)(CO)CO)c1cnc[nH]1. The highest BCUT2D eigenvalue weighted by molar-refractivity contribution is 5.92. The summed E-state index contributed by atoms with van der Waals surface area (Å²) >= 11 is 0. The van der Waals surface area contributed by atoms with E-state index in [-0.39, 0.29) is 5.69 Å². The standard InChI is InChI=1S/C8H13N3O4/c12-2-8(3-13,4-14)11-7(15)6-1-9-5-10-6/h1,5,12-14H,2-4H2,(H,9,10)(H,11,15). The second-order valence-corrected chi connectivity index (χ2v) is 3.17. The summed E-state index contributed by atoms with van der Waals surface area (Å²) in [5.41, 5.74) is -1.22. The molecule has 1 aromatic rings. The van der Waals surface area contributed by atoms with Crippen LogP contribution in [0.1, 0.15) is 10.5 Å². The van der Waals surface area contributed by atoms with Crippen LogP contribution >= 0.6 is 0 Å². The van der Waals surface area contributed by atoms with Gasteiger partial charge in [-0.2, -0.15) is 0 Å². The number of hydrogen-bond acceptors (Lipinski definition) is 5. The molecule has 1 amide bonds. The number of rotatable bonds is 5. The molecule has 1 aromatic heterocycles. The van der Waals surface area contributed by atoms with Gasteiger partial charge in [-0.3, -0.25) is 4.79 Å². The van der Waals surface area contributed by atoms with E-state index in [4.69, 9.17) is 15.3 Å². The number of nitrogens with zero attached hydrogens (tertiary/aromatic N) is 1. The predicted molar refractivity (Wildman–Crippen MR) is 50.0 cm³/mol. The van der Waals surface area contributed by atoms with Crippen LogP contribution < -0.4 is 5.32 Å². The van der Waals surface area contributed by atoms with Gasteiger partial charge in [-0.1, -0.05) is 0 Å². The second kappa shape index (κ2) is 4.87. The number of aromatic nitrogens is 2. The zero-order valence-electron chi connectivity index (χ0n) is 7.97. The maximum Gasteiger partial charge on any atom is 0.270 e. The topological polar surface area (TPSA) is 118 Å². The molecule has 0 aliphatic heterocycles. The molecule has 0 bridgehead atoms. The van der Waals surface area contributed by atoms with Gasteiger partial charge in [0.05, 0.1) is 32.3 Å². The molecular weight excluding hydrogens is 202 g/mol. The molecule has 1 rings (SSSR count). The summed E-state index contributed by atoms with van der Waals surface area (Å²) in [4.78, 5) is 17.7. The van der Waals surface area contributed by atoms with Gasteiger partial charge in [0.2, 0.25) is 0 Å². The highest BCUT2D eigenvalue weighted by Gasteiger charge is 2.30. The van der Waals surface area contributed by atoms with Gasteiger partial charge >= 0.3 is 0 Å². The second-order valence-electron chi connectivity index (χ2n) is 3.17. The lowest BCUT2D eigenvalue weighted by Crippen LogP contribution is -2.57. The largest absolute Gasteiger partial charge is 0.394 e.